The van der Waals surface area contributed by atoms with Gasteiger partial charge in [-0.05, 0) is 24.3 Å². The maximum Gasteiger partial charge on any atom is 0.123 e. The van der Waals surface area contributed by atoms with Crippen LogP contribution in [0.2, 0.25) is 0 Å². The van der Waals surface area contributed by atoms with Crippen LogP contribution in [-0.2, 0) is 6.54 Å². The fourth-order valence-electron chi connectivity index (χ4n) is 2.51. The second-order valence-corrected chi connectivity index (χ2v) is 6.71. The maximum absolute atomic E-state index is 4.59. The highest BCUT2D eigenvalue weighted by atomic mass is 32.1. The Kier molecular flexibility index (Phi) is 4.53. The lowest BCUT2D eigenvalue weighted by Gasteiger charge is -2.26. The Hall–Kier alpha value is -1.43. The molecule has 1 aromatic heterocycles. The van der Waals surface area contributed by atoms with Crippen LogP contribution in [-0.4, -0.2) is 50.2 Å². The molecule has 1 N–H and O–H groups in total. The van der Waals surface area contributed by atoms with E-state index < -0.39 is 0 Å². The molecule has 0 aliphatic carbocycles. The molecule has 0 saturated carbocycles. The van der Waals surface area contributed by atoms with Gasteiger partial charge in [-0.1, -0.05) is 0 Å². The van der Waals surface area contributed by atoms with Gasteiger partial charge in [-0.2, -0.15) is 0 Å². The van der Waals surface area contributed by atoms with E-state index in [-0.39, 0.29) is 0 Å². The number of rotatable bonds is 4. The fourth-order valence-corrected chi connectivity index (χ4v) is 3.47. The third-order valence-electron chi connectivity index (χ3n) is 3.77. The standard InChI is InChI=1S/C16H22N4S/c1-19(2)14-5-3-13(4-6-14)16-18-11-15(21-16)12-20-9-7-17-8-10-20/h3-6,11,17H,7-10,12H2,1-2H3. The summed E-state index contributed by atoms with van der Waals surface area (Å²) < 4.78 is 0. The molecule has 0 bridgehead atoms. The molecule has 5 heteroatoms. The third kappa shape index (κ3) is 3.61. The van der Waals surface area contributed by atoms with Crippen LogP contribution in [0.15, 0.2) is 30.5 Å². The molecule has 0 radical (unpaired) electrons. The van der Waals surface area contributed by atoms with E-state index in [9.17, 15) is 0 Å². The van der Waals surface area contributed by atoms with Gasteiger partial charge in [0.15, 0.2) is 0 Å². The van der Waals surface area contributed by atoms with Gasteiger partial charge in [-0.15, -0.1) is 11.3 Å². The third-order valence-corrected chi connectivity index (χ3v) is 4.80. The van der Waals surface area contributed by atoms with Crippen LogP contribution in [0.5, 0.6) is 0 Å². The van der Waals surface area contributed by atoms with E-state index in [1.54, 1.807) is 0 Å². The van der Waals surface area contributed by atoms with E-state index in [0.717, 1.165) is 37.7 Å². The van der Waals surface area contributed by atoms with Gasteiger partial charge in [-0.25, -0.2) is 4.98 Å². The second-order valence-electron chi connectivity index (χ2n) is 5.60. The van der Waals surface area contributed by atoms with Gasteiger partial charge in [0.05, 0.1) is 0 Å². The summed E-state index contributed by atoms with van der Waals surface area (Å²) in [7, 11) is 4.12. The molecule has 2 aromatic rings. The minimum absolute atomic E-state index is 1.02. The van der Waals surface area contributed by atoms with Crippen molar-refractivity contribution in [3.8, 4) is 10.6 Å². The molecule has 1 fully saturated rings. The predicted molar refractivity (Wildman–Crippen MR) is 90.0 cm³/mol. The molecule has 4 nitrogen and oxygen atoms in total. The topological polar surface area (TPSA) is 31.4 Å². The number of hydrogen-bond donors (Lipinski definition) is 1. The van der Waals surface area contributed by atoms with Crippen LogP contribution < -0.4 is 10.2 Å². The molecule has 1 aliphatic heterocycles. The van der Waals surface area contributed by atoms with Crippen molar-refractivity contribution in [3.05, 3.63) is 35.3 Å². The zero-order valence-electron chi connectivity index (χ0n) is 12.7. The van der Waals surface area contributed by atoms with E-state index in [1.807, 2.05) is 17.5 Å². The van der Waals surface area contributed by atoms with Crippen molar-refractivity contribution >= 4 is 17.0 Å². The second kappa shape index (κ2) is 6.56. The number of nitrogens with one attached hydrogen (secondary N) is 1. The molecule has 21 heavy (non-hydrogen) atoms. The average molecular weight is 302 g/mol. The van der Waals surface area contributed by atoms with E-state index in [4.69, 9.17) is 0 Å². The Labute approximate surface area is 130 Å². The average Bonchev–Trinajstić information content (AvgIpc) is 2.97. The Balaban J connectivity index is 1.69. The van der Waals surface area contributed by atoms with Gasteiger partial charge < -0.3 is 10.2 Å². The molecular formula is C16H22N4S. The zero-order valence-corrected chi connectivity index (χ0v) is 13.5. The molecule has 0 unspecified atom stereocenters. The zero-order chi connectivity index (χ0) is 14.7. The Morgan fingerprint density at radius 1 is 1.19 bits per heavy atom. The SMILES string of the molecule is CN(C)c1ccc(-c2ncc(CN3CCNCC3)s2)cc1. The highest BCUT2D eigenvalue weighted by molar-refractivity contribution is 7.15. The molecule has 112 valence electrons. The van der Waals surface area contributed by atoms with E-state index in [2.05, 4.69) is 58.5 Å². The van der Waals surface area contributed by atoms with Crippen LogP contribution in [0, 0.1) is 0 Å². The minimum atomic E-state index is 1.02. The molecular weight excluding hydrogens is 280 g/mol. The van der Waals surface area contributed by atoms with Crippen molar-refractivity contribution in [1.82, 2.24) is 15.2 Å². The number of aromatic nitrogens is 1. The number of thiazole rings is 1. The summed E-state index contributed by atoms with van der Waals surface area (Å²) in [5, 5.41) is 4.50. The summed E-state index contributed by atoms with van der Waals surface area (Å²) in [4.78, 5) is 10.5. The van der Waals surface area contributed by atoms with Crippen molar-refractivity contribution in [1.29, 1.82) is 0 Å². The Bertz CT molecular complexity index is 570. The van der Waals surface area contributed by atoms with Gasteiger partial charge in [0.1, 0.15) is 5.01 Å². The summed E-state index contributed by atoms with van der Waals surface area (Å²) in [6.45, 7) is 5.47. The normalized spacial score (nSPS) is 16.1. The number of anilines is 1. The lowest BCUT2D eigenvalue weighted by Crippen LogP contribution is -2.42. The van der Waals surface area contributed by atoms with E-state index in [0.29, 0.717) is 0 Å². The quantitative estimate of drug-likeness (QED) is 0.939. The molecule has 0 spiro atoms. The first-order valence-corrected chi connectivity index (χ1v) is 8.19. The van der Waals surface area contributed by atoms with Crippen LogP contribution in [0.4, 0.5) is 5.69 Å². The highest BCUT2D eigenvalue weighted by Crippen LogP contribution is 2.27. The first-order chi connectivity index (χ1) is 10.2. The van der Waals surface area contributed by atoms with Crippen molar-refractivity contribution in [2.24, 2.45) is 0 Å². The van der Waals surface area contributed by atoms with E-state index >= 15 is 0 Å². The number of nitrogens with zero attached hydrogens (tertiary/aromatic N) is 3. The molecule has 1 saturated heterocycles. The summed E-state index contributed by atoms with van der Waals surface area (Å²) in [5.74, 6) is 0. The van der Waals surface area contributed by atoms with Crippen LogP contribution >= 0.6 is 11.3 Å². The summed E-state index contributed by atoms with van der Waals surface area (Å²) >= 11 is 1.81. The van der Waals surface area contributed by atoms with Crippen molar-refractivity contribution in [2.45, 2.75) is 6.54 Å². The summed E-state index contributed by atoms with van der Waals surface area (Å²) in [6.07, 6.45) is 2.03. The Morgan fingerprint density at radius 2 is 1.90 bits per heavy atom. The Morgan fingerprint density at radius 3 is 2.57 bits per heavy atom. The van der Waals surface area contributed by atoms with Gasteiger partial charge in [-0.3, -0.25) is 4.90 Å². The number of piperazine rings is 1. The fraction of sp³-hybridized carbons (Fsp3) is 0.438. The monoisotopic (exact) mass is 302 g/mol. The van der Waals surface area contributed by atoms with E-state index in [1.165, 1.54) is 16.1 Å². The summed E-state index contributed by atoms with van der Waals surface area (Å²) in [5.41, 5.74) is 2.42. The van der Waals surface area contributed by atoms with Crippen LogP contribution in [0.3, 0.4) is 0 Å². The first kappa shape index (κ1) is 14.5. The smallest absolute Gasteiger partial charge is 0.123 e. The van der Waals surface area contributed by atoms with Gasteiger partial charge in [0.2, 0.25) is 0 Å². The molecule has 1 aromatic carbocycles. The molecule has 0 atom stereocenters. The van der Waals surface area contributed by atoms with Crippen molar-refractivity contribution in [3.63, 3.8) is 0 Å². The maximum atomic E-state index is 4.59. The lowest BCUT2D eigenvalue weighted by molar-refractivity contribution is 0.235. The number of hydrogen-bond acceptors (Lipinski definition) is 5. The van der Waals surface area contributed by atoms with Gasteiger partial charge in [0.25, 0.3) is 0 Å². The van der Waals surface area contributed by atoms with Crippen LogP contribution in [0.1, 0.15) is 4.88 Å². The predicted octanol–water partition coefficient (Wildman–Crippen LogP) is 2.28. The molecule has 3 rings (SSSR count). The first-order valence-electron chi connectivity index (χ1n) is 7.38. The molecule has 0 amide bonds. The van der Waals surface area contributed by atoms with Gasteiger partial charge >= 0.3 is 0 Å². The van der Waals surface area contributed by atoms with Crippen molar-refractivity contribution in [2.75, 3.05) is 45.2 Å². The molecule has 1 aliphatic rings. The summed E-state index contributed by atoms with van der Waals surface area (Å²) in [6, 6.07) is 8.60. The number of benzene rings is 1. The van der Waals surface area contributed by atoms with Crippen LogP contribution in [0.25, 0.3) is 10.6 Å². The lowest BCUT2D eigenvalue weighted by atomic mass is 10.2. The largest absolute Gasteiger partial charge is 0.378 e. The minimum Gasteiger partial charge on any atom is -0.378 e. The van der Waals surface area contributed by atoms with Crippen molar-refractivity contribution < 1.29 is 0 Å². The highest BCUT2D eigenvalue weighted by Gasteiger charge is 2.12. The van der Waals surface area contributed by atoms with Gasteiger partial charge in [0, 0.05) is 69.1 Å². The molecule has 2 heterocycles.